The molecule has 1 atom stereocenters. The Morgan fingerprint density at radius 3 is 2.44 bits per heavy atom. The van der Waals surface area contributed by atoms with Crippen molar-refractivity contribution in [2.75, 3.05) is 11.9 Å². The van der Waals surface area contributed by atoms with Gasteiger partial charge in [-0.15, -0.1) is 5.10 Å². The summed E-state index contributed by atoms with van der Waals surface area (Å²) in [5.41, 5.74) is 6.20. The van der Waals surface area contributed by atoms with Crippen LogP contribution in [0.3, 0.4) is 0 Å². The summed E-state index contributed by atoms with van der Waals surface area (Å²) in [4.78, 5) is 2.11. The Balaban J connectivity index is 2.00. The van der Waals surface area contributed by atoms with Gasteiger partial charge in [-0.25, -0.2) is 0 Å². The molecular weight excluding hydrogens is 228 g/mol. The number of hydrogen-bond acceptors (Lipinski definition) is 5. The summed E-state index contributed by atoms with van der Waals surface area (Å²) in [6.45, 7) is 6.52. The third-order valence-corrected chi connectivity index (χ3v) is 3.98. The van der Waals surface area contributed by atoms with Crippen LogP contribution in [0, 0.1) is 5.41 Å². The summed E-state index contributed by atoms with van der Waals surface area (Å²) in [5.74, 6) is 0.507. The lowest BCUT2D eigenvalue weighted by atomic mass is 9.75. The Kier molecular flexibility index (Phi) is 3.61. The molecule has 5 nitrogen and oxygen atoms in total. The van der Waals surface area contributed by atoms with Crippen LogP contribution in [0.25, 0.3) is 0 Å². The summed E-state index contributed by atoms with van der Waals surface area (Å²) >= 11 is 0. The highest BCUT2D eigenvalue weighted by Gasteiger charge is 2.30. The van der Waals surface area contributed by atoms with Crippen LogP contribution in [0.1, 0.15) is 58.4 Å². The van der Waals surface area contributed by atoms with Crippen molar-refractivity contribution in [3.63, 3.8) is 0 Å². The molecule has 1 aliphatic carbocycles. The molecule has 1 heterocycles. The minimum atomic E-state index is -0.204. The Morgan fingerprint density at radius 2 is 1.94 bits per heavy atom. The molecule has 1 aromatic heterocycles. The fourth-order valence-corrected chi connectivity index (χ4v) is 2.48. The Hall–Kier alpha value is -1.10. The summed E-state index contributed by atoms with van der Waals surface area (Å²) in [7, 11) is 2.03. The van der Waals surface area contributed by atoms with E-state index in [-0.39, 0.29) is 6.04 Å². The first-order valence-corrected chi connectivity index (χ1v) is 6.71. The summed E-state index contributed by atoms with van der Waals surface area (Å²) in [6, 6.07) is 0.886. The highest BCUT2D eigenvalue weighted by Crippen LogP contribution is 2.37. The monoisotopic (exact) mass is 252 g/mol. The van der Waals surface area contributed by atoms with Gasteiger partial charge in [-0.05, 0) is 38.0 Å². The van der Waals surface area contributed by atoms with E-state index in [1.807, 2.05) is 14.0 Å². The highest BCUT2D eigenvalue weighted by molar-refractivity contribution is 5.25. The quantitative estimate of drug-likeness (QED) is 0.895. The maximum Gasteiger partial charge on any atom is 0.318 e. The Labute approximate surface area is 109 Å². The third-order valence-electron chi connectivity index (χ3n) is 3.98. The van der Waals surface area contributed by atoms with Gasteiger partial charge in [0.05, 0.1) is 6.04 Å². The van der Waals surface area contributed by atoms with Crippen LogP contribution in [0.4, 0.5) is 6.01 Å². The van der Waals surface area contributed by atoms with Crippen LogP contribution in [-0.2, 0) is 0 Å². The van der Waals surface area contributed by atoms with Gasteiger partial charge in [-0.2, -0.15) is 0 Å². The molecule has 0 saturated heterocycles. The largest absolute Gasteiger partial charge is 0.406 e. The van der Waals surface area contributed by atoms with Crippen molar-refractivity contribution in [3.05, 3.63) is 5.89 Å². The molecule has 1 unspecified atom stereocenters. The molecule has 0 aliphatic heterocycles. The van der Waals surface area contributed by atoms with Gasteiger partial charge >= 0.3 is 6.01 Å². The molecule has 2 rings (SSSR count). The van der Waals surface area contributed by atoms with Crippen molar-refractivity contribution in [1.29, 1.82) is 0 Å². The van der Waals surface area contributed by atoms with Crippen LogP contribution in [-0.4, -0.2) is 23.3 Å². The molecule has 102 valence electrons. The number of aromatic nitrogens is 2. The molecule has 0 spiro atoms. The van der Waals surface area contributed by atoms with Crippen molar-refractivity contribution in [2.24, 2.45) is 11.1 Å². The molecule has 0 bridgehead atoms. The first kappa shape index (κ1) is 13.3. The first-order valence-electron chi connectivity index (χ1n) is 6.71. The zero-order valence-corrected chi connectivity index (χ0v) is 11.8. The molecule has 0 amide bonds. The van der Waals surface area contributed by atoms with Gasteiger partial charge in [0.2, 0.25) is 5.89 Å². The fraction of sp³-hybridized carbons (Fsp3) is 0.846. The SMILES string of the molecule is CC(N)c1nnc(N(C)C2CCC(C)(C)CC2)o1. The van der Waals surface area contributed by atoms with Gasteiger partial charge in [-0.1, -0.05) is 18.9 Å². The van der Waals surface area contributed by atoms with Gasteiger partial charge in [0.1, 0.15) is 0 Å². The van der Waals surface area contributed by atoms with Gasteiger partial charge in [0.15, 0.2) is 0 Å². The normalized spacial score (nSPS) is 21.8. The van der Waals surface area contributed by atoms with E-state index in [0.29, 0.717) is 23.4 Å². The average molecular weight is 252 g/mol. The summed E-state index contributed by atoms with van der Waals surface area (Å²) < 4.78 is 5.59. The predicted molar refractivity (Wildman–Crippen MR) is 71.3 cm³/mol. The third kappa shape index (κ3) is 2.83. The van der Waals surface area contributed by atoms with Crippen molar-refractivity contribution in [1.82, 2.24) is 10.2 Å². The van der Waals surface area contributed by atoms with E-state index in [1.165, 1.54) is 25.7 Å². The molecule has 1 aliphatic rings. The molecule has 1 aromatic rings. The number of hydrogen-bond donors (Lipinski definition) is 1. The molecule has 2 N–H and O–H groups in total. The lowest BCUT2D eigenvalue weighted by molar-refractivity contribution is 0.219. The minimum Gasteiger partial charge on any atom is -0.406 e. The lowest BCUT2D eigenvalue weighted by Gasteiger charge is -2.37. The van der Waals surface area contributed by atoms with Crippen LogP contribution < -0.4 is 10.6 Å². The Bertz CT molecular complexity index is 389. The number of rotatable bonds is 3. The van der Waals surface area contributed by atoms with Crippen molar-refractivity contribution in [3.8, 4) is 0 Å². The first-order chi connectivity index (χ1) is 8.39. The smallest absolute Gasteiger partial charge is 0.318 e. The van der Waals surface area contributed by atoms with Gasteiger partial charge in [0, 0.05) is 13.1 Å². The summed E-state index contributed by atoms with van der Waals surface area (Å²) in [5, 5.41) is 8.06. The van der Waals surface area contributed by atoms with Crippen LogP contribution in [0.5, 0.6) is 0 Å². The second kappa shape index (κ2) is 4.88. The van der Waals surface area contributed by atoms with Crippen molar-refractivity contribution in [2.45, 2.75) is 58.5 Å². The fourth-order valence-electron chi connectivity index (χ4n) is 2.48. The van der Waals surface area contributed by atoms with E-state index >= 15 is 0 Å². The van der Waals surface area contributed by atoms with E-state index in [4.69, 9.17) is 10.2 Å². The maximum absolute atomic E-state index is 5.73. The highest BCUT2D eigenvalue weighted by atomic mass is 16.4. The van der Waals surface area contributed by atoms with Crippen molar-refractivity contribution < 1.29 is 4.42 Å². The molecule has 5 heteroatoms. The summed E-state index contributed by atoms with van der Waals surface area (Å²) in [6.07, 6.45) is 4.85. The van der Waals surface area contributed by atoms with Gasteiger partial charge in [-0.3, -0.25) is 0 Å². The van der Waals surface area contributed by atoms with E-state index in [0.717, 1.165) is 0 Å². The topological polar surface area (TPSA) is 68.2 Å². The molecule has 1 saturated carbocycles. The molecule has 0 aromatic carbocycles. The van der Waals surface area contributed by atoms with Gasteiger partial charge < -0.3 is 15.1 Å². The van der Waals surface area contributed by atoms with Crippen LogP contribution >= 0.6 is 0 Å². The van der Waals surface area contributed by atoms with Gasteiger partial charge in [0.25, 0.3) is 0 Å². The second-order valence-corrected chi connectivity index (χ2v) is 6.22. The molecule has 18 heavy (non-hydrogen) atoms. The van der Waals surface area contributed by atoms with Crippen molar-refractivity contribution >= 4 is 6.01 Å². The minimum absolute atomic E-state index is 0.204. The van der Waals surface area contributed by atoms with E-state index in [1.54, 1.807) is 0 Å². The number of nitrogens with two attached hydrogens (primary N) is 1. The molecule has 1 fully saturated rings. The zero-order valence-electron chi connectivity index (χ0n) is 11.8. The molecular formula is C13H24N4O. The predicted octanol–water partition coefficient (Wildman–Crippen LogP) is 2.49. The maximum atomic E-state index is 5.73. The van der Waals surface area contributed by atoms with Crippen LogP contribution in [0.2, 0.25) is 0 Å². The van der Waals surface area contributed by atoms with Crippen LogP contribution in [0.15, 0.2) is 4.42 Å². The van der Waals surface area contributed by atoms with E-state index in [2.05, 4.69) is 28.9 Å². The lowest BCUT2D eigenvalue weighted by Crippen LogP contribution is -2.37. The average Bonchev–Trinajstić information content (AvgIpc) is 2.77. The molecule has 0 radical (unpaired) electrons. The van der Waals surface area contributed by atoms with E-state index < -0.39 is 0 Å². The van der Waals surface area contributed by atoms with E-state index in [9.17, 15) is 0 Å². The number of nitrogens with zero attached hydrogens (tertiary/aromatic N) is 3. The number of anilines is 1. The Morgan fingerprint density at radius 1 is 1.33 bits per heavy atom. The zero-order chi connectivity index (χ0) is 13.3. The standard InChI is InChI=1S/C13H24N4O/c1-9(14)11-15-16-12(18-11)17(4)10-5-7-13(2,3)8-6-10/h9-10H,5-8,14H2,1-4H3. The second-order valence-electron chi connectivity index (χ2n) is 6.22.